The summed E-state index contributed by atoms with van der Waals surface area (Å²) in [6, 6.07) is 13.8. The fraction of sp³-hybridized carbons (Fsp3) is 0.300. The molecule has 0 radical (unpaired) electrons. The molecule has 2 aromatic rings. The summed E-state index contributed by atoms with van der Waals surface area (Å²) in [6.45, 7) is 3.58. The van der Waals surface area contributed by atoms with Gasteiger partial charge in [0.25, 0.3) is 5.91 Å². The molecule has 1 amide bonds. The Hall–Kier alpha value is -2.67. The molecule has 0 aliphatic heterocycles. The lowest BCUT2D eigenvalue weighted by Crippen LogP contribution is -2.35. The van der Waals surface area contributed by atoms with Gasteiger partial charge in [0.05, 0.1) is 28.4 Å². The highest BCUT2D eigenvalue weighted by Crippen LogP contribution is 2.16. The van der Waals surface area contributed by atoms with Gasteiger partial charge in [-0.15, -0.1) is 0 Å². The minimum absolute atomic E-state index is 0.215. The molecule has 0 spiro atoms. The molecule has 0 heterocycles. The minimum atomic E-state index is -1.29. The van der Waals surface area contributed by atoms with Crippen LogP contribution in [0.3, 0.4) is 0 Å². The first-order valence-electron chi connectivity index (χ1n) is 8.55. The lowest BCUT2D eigenvalue weighted by Gasteiger charge is -2.15. The van der Waals surface area contributed by atoms with Crippen molar-refractivity contribution in [3.63, 3.8) is 0 Å². The second-order valence-electron chi connectivity index (χ2n) is 5.74. The quantitative estimate of drug-likeness (QED) is 0.702. The number of carbonyl (C=O) groups is 2. The summed E-state index contributed by atoms with van der Waals surface area (Å²) in [7, 11) is 0.294. The lowest BCUT2D eigenvalue weighted by atomic mass is 10.2. The Morgan fingerprint density at radius 2 is 1.78 bits per heavy atom. The molecule has 0 unspecified atom stereocenters. The zero-order valence-corrected chi connectivity index (χ0v) is 16.4. The summed E-state index contributed by atoms with van der Waals surface area (Å²) in [6.07, 6.45) is -0.973. The zero-order valence-electron chi connectivity index (χ0n) is 15.6. The Balaban J connectivity index is 1.95. The third kappa shape index (κ3) is 5.65. The maximum absolute atomic E-state index is 12.4. The van der Waals surface area contributed by atoms with Gasteiger partial charge in [-0.3, -0.25) is 9.00 Å². The number of carbonyl (C=O) groups excluding carboxylic acids is 2. The maximum atomic E-state index is 12.4. The highest BCUT2D eigenvalue weighted by Gasteiger charge is 2.22. The second kappa shape index (κ2) is 9.87. The van der Waals surface area contributed by atoms with Crippen molar-refractivity contribution in [3.05, 3.63) is 59.7 Å². The first kappa shape index (κ1) is 20.6. The topological polar surface area (TPSA) is 81.7 Å². The number of benzene rings is 2. The number of methoxy groups -OCH3 is 1. The van der Waals surface area contributed by atoms with Gasteiger partial charge in [-0.05, 0) is 36.8 Å². The summed E-state index contributed by atoms with van der Waals surface area (Å²) < 4.78 is 22.4. The molecule has 0 aromatic heterocycles. The van der Waals surface area contributed by atoms with Crippen LogP contribution in [-0.4, -0.2) is 35.1 Å². The number of rotatable bonds is 8. The highest BCUT2D eigenvalue weighted by molar-refractivity contribution is 7.85. The molecule has 0 fully saturated rings. The molecule has 2 rings (SSSR count). The van der Waals surface area contributed by atoms with Gasteiger partial charge >= 0.3 is 5.97 Å². The molecule has 2 atom stereocenters. The lowest BCUT2D eigenvalue weighted by molar-refractivity contribution is -0.129. The summed E-state index contributed by atoms with van der Waals surface area (Å²) in [5.74, 6) is 0.0469. The first-order chi connectivity index (χ1) is 13.0. The van der Waals surface area contributed by atoms with Crippen molar-refractivity contribution in [1.82, 2.24) is 5.32 Å². The predicted octanol–water partition coefficient (Wildman–Crippen LogP) is 2.68. The standard InChI is InChI=1S/C20H23NO5S/c1-4-27(24)18-8-6-5-7-17(18)20(23)26-14(2)19(22)21-13-15-9-11-16(25-3)12-10-15/h5-12,14H,4,13H2,1-3H3,(H,21,22)/t14-,27+/m0/s1. The third-order valence-electron chi connectivity index (χ3n) is 3.89. The minimum Gasteiger partial charge on any atom is -0.497 e. The molecule has 0 saturated heterocycles. The zero-order chi connectivity index (χ0) is 19.8. The van der Waals surface area contributed by atoms with E-state index in [0.717, 1.165) is 11.3 Å². The van der Waals surface area contributed by atoms with E-state index in [0.29, 0.717) is 17.2 Å². The van der Waals surface area contributed by atoms with Crippen LogP contribution in [0, 0.1) is 0 Å². The van der Waals surface area contributed by atoms with E-state index in [2.05, 4.69) is 5.32 Å². The van der Waals surface area contributed by atoms with Gasteiger partial charge in [0.15, 0.2) is 6.10 Å². The van der Waals surface area contributed by atoms with Gasteiger partial charge in [0.1, 0.15) is 5.75 Å². The van der Waals surface area contributed by atoms with E-state index in [-0.39, 0.29) is 5.56 Å². The van der Waals surface area contributed by atoms with Crippen LogP contribution in [-0.2, 0) is 26.9 Å². The van der Waals surface area contributed by atoms with Crippen LogP contribution in [0.25, 0.3) is 0 Å². The maximum Gasteiger partial charge on any atom is 0.340 e. The van der Waals surface area contributed by atoms with Crippen molar-refractivity contribution in [2.45, 2.75) is 31.4 Å². The Labute approximate surface area is 161 Å². The van der Waals surface area contributed by atoms with Gasteiger partial charge < -0.3 is 14.8 Å². The van der Waals surface area contributed by atoms with Crippen LogP contribution in [0.1, 0.15) is 29.8 Å². The highest BCUT2D eigenvalue weighted by atomic mass is 32.2. The van der Waals surface area contributed by atoms with Crippen molar-refractivity contribution in [1.29, 1.82) is 0 Å². The normalized spacial score (nSPS) is 12.7. The largest absolute Gasteiger partial charge is 0.497 e. The Morgan fingerprint density at radius 1 is 1.11 bits per heavy atom. The molecular weight excluding hydrogens is 366 g/mol. The smallest absolute Gasteiger partial charge is 0.340 e. The second-order valence-corrected chi connectivity index (χ2v) is 7.45. The number of ether oxygens (including phenoxy) is 2. The van der Waals surface area contributed by atoms with E-state index < -0.39 is 28.8 Å². The van der Waals surface area contributed by atoms with E-state index in [4.69, 9.17) is 9.47 Å². The van der Waals surface area contributed by atoms with Crippen molar-refractivity contribution in [3.8, 4) is 5.75 Å². The molecule has 6 nitrogen and oxygen atoms in total. The fourth-order valence-electron chi connectivity index (χ4n) is 2.34. The third-order valence-corrected chi connectivity index (χ3v) is 5.26. The van der Waals surface area contributed by atoms with Gasteiger partial charge in [-0.25, -0.2) is 4.79 Å². The predicted molar refractivity (Wildman–Crippen MR) is 103 cm³/mol. The number of esters is 1. The van der Waals surface area contributed by atoms with Crippen LogP contribution in [0.15, 0.2) is 53.4 Å². The van der Waals surface area contributed by atoms with E-state index in [1.165, 1.54) is 6.92 Å². The van der Waals surface area contributed by atoms with Gasteiger partial charge in [0, 0.05) is 12.3 Å². The Morgan fingerprint density at radius 3 is 2.41 bits per heavy atom. The molecule has 27 heavy (non-hydrogen) atoms. The SMILES string of the molecule is CC[S@@](=O)c1ccccc1C(=O)O[C@@H](C)C(=O)NCc1ccc(OC)cc1. The molecule has 1 N–H and O–H groups in total. The number of amides is 1. The number of hydrogen-bond acceptors (Lipinski definition) is 5. The van der Waals surface area contributed by atoms with E-state index in [1.807, 2.05) is 12.1 Å². The molecule has 0 bridgehead atoms. The van der Waals surface area contributed by atoms with Crippen LogP contribution in [0.4, 0.5) is 0 Å². The molecule has 7 heteroatoms. The van der Waals surface area contributed by atoms with E-state index >= 15 is 0 Å². The average Bonchev–Trinajstić information content (AvgIpc) is 2.71. The summed E-state index contributed by atoms with van der Waals surface area (Å²) in [5.41, 5.74) is 1.11. The molecule has 2 aromatic carbocycles. The summed E-state index contributed by atoms with van der Waals surface area (Å²) >= 11 is 0. The molecular formula is C20H23NO5S. The molecule has 0 aliphatic carbocycles. The Bertz CT molecular complexity index is 819. The monoisotopic (exact) mass is 389 g/mol. The van der Waals surface area contributed by atoms with Crippen molar-refractivity contribution < 1.29 is 23.3 Å². The van der Waals surface area contributed by atoms with Crippen LogP contribution < -0.4 is 10.1 Å². The van der Waals surface area contributed by atoms with Crippen molar-refractivity contribution >= 4 is 22.7 Å². The molecule has 144 valence electrons. The van der Waals surface area contributed by atoms with Gasteiger partial charge in [-0.1, -0.05) is 31.2 Å². The number of nitrogens with one attached hydrogen (secondary N) is 1. The average molecular weight is 389 g/mol. The van der Waals surface area contributed by atoms with Crippen LogP contribution in [0.2, 0.25) is 0 Å². The van der Waals surface area contributed by atoms with Crippen LogP contribution >= 0.6 is 0 Å². The number of hydrogen-bond donors (Lipinski definition) is 1. The first-order valence-corrected chi connectivity index (χ1v) is 9.87. The molecule has 0 saturated carbocycles. The van der Waals surface area contributed by atoms with Gasteiger partial charge in [-0.2, -0.15) is 0 Å². The molecule has 0 aliphatic rings. The van der Waals surface area contributed by atoms with E-state index in [1.54, 1.807) is 50.4 Å². The van der Waals surface area contributed by atoms with Crippen LogP contribution in [0.5, 0.6) is 5.75 Å². The van der Waals surface area contributed by atoms with Gasteiger partial charge in [0.2, 0.25) is 0 Å². The van der Waals surface area contributed by atoms with E-state index in [9.17, 15) is 13.8 Å². The van der Waals surface area contributed by atoms with Crippen molar-refractivity contribution in [2.75, 3.05) is 12.9 Å². The summed E-state index contributed by atoms with van der Waals surface area (Å²) in [4.78, 5) is 25.0. The van der Waals surface area contributed by atoms with Crippen molar-refractivity contribution in [2.24, 2.45) is 0 Å². The summed E-state index contributed by atoms with van der Waals surface area (Å²) in [5, 5.41) is 2.72. The Kier molecular flexibility index (Phi) is 7.55. The fourth-order valence-corrected chi connectivity index (χ4v) is 3.28.